The number of esters is 1. The van der Waals surface area contributed by atoms with E-state index in [1.54, 1.807) is 0 Å². The minimum absolute atomic E-state index is 0.000892. The summed E-state index contributed by atoms with van der Waals surface area (Å²) < 4.78 is 8.16. The lowest BCUT2D eigenvalue weighted by Gasteiger charge is -2.33. The highest BCUT2D eigenvalue weighted by Gasteiger charge is 2.27. The Hall–Kier alpha value is -2.09. The number of hydrogen-bond donors (Lipinski definition) is 1. The number of ether oxygens (including phenoxy) is 1. The summed E-state index contributed by atoms with van der Waals surface area (Å²) in [6.07, 6.45) is 5.58. The molecule has 1 N–H and O–H groups in total. The molecule has 0 bridgehead atoms. The SMILES string of the molecule is CCNC(=NCc1cn2cc(Br)ccc2n1)N1CCC(C(=O)OCC)CC1. The zero-order valence-corrected chi connectivity index (χ0v) is 17.4. The lowest BCUT2D eigenvalue weighted by Crippen LogP contribution is -2.46. The van der Waals surface area contributed by atoms with Gasteiger partial charge >= 0.3 is 5.97 Å². The minimum Gasteiger partial charge on any atom is -0.466 e. The Bertz CT molecular complexity index is 812. The summed E-state index contributed by atoms with van der Waals surface area (Å²) in [5, 5.41) is 3.35. The van der Waals surface area contributed by atoms with Crippen molar-refractivity contribution in [3.8, 4) is 0 Å². The average Bonchev–Trinajstić information content (AvgIpc) is 3.07. The molecule has 2 aromatic rings. The van der Waals surface area contributed by atoms with Gasteiger partial charge in [0, 0.05) is 36.5 Å². The smallest absolute Gasteiger partial charge is 0.309 e. The van der Waals surface area contributed by atoms with E-state index in [4.69, 9.17) is 9.73 Å². The van der Waals surface area contributed by atoms with Gasteiger partial charge in [-0.25, -0.2) is 9.98 Å². The summed E-state index contributed by atoms with van der Waals surface area (Å²) in [7, 11) is 0. The molecule has 1 saturated heterocycles. The van der Waals surface area contributed by atoms with Crippen molar-refractivity contribution in [1.82, 2.24) is 19.6 Å². The van der Waals surface area contributed by atoms with Crippen molar-refractivity contribution in [1.29, 1.82) is 0 Å². The van der Waals surface area contributed by atoms with Gasteiger partial charge in [-0.1, -0.05) is 0 Å². The first kappa shape index (κ1) is 19.7. The van der Waals surface area contributed by atoms with E-state index in [0.717, 1.165) is 54.2 Å². The van der Waals surface area contributed by atoms with Crippen LogP contribution in [0.4, 0.5) is 0 Å². The second-order valence-electron chi connectivity index (χ2n) is 6.53. The summed E-state index contributed by atoms with van der Waals surface area (Å²) in [6.45, 7) is 7.26. The first-order valence-electron chi connectivity index (χ1n) is 9.43. The molecule has 0 aromatic carbocycles. The summed E-state index contributed by atoms with van der Waals surface area (Å²) >= 11 is 3.48. The largest absolute Gasteiger partial charge is 0.466 e. The van der Waals surface area contributed by atoms with Crippen molar-refractivity contribution < 1.29 is 9.53 Å². The average molecular weight is 436 g/mol. The van der Waals surface area contributed by atoms with Crippen molar-refractivity contribution >= 4 is 33.5 Å². The van der Waals surface area contributed by atoms with E-state index in [1.165, 1.54) is 0 Å². The van der Waals surface area contributed by atoms with Crippen LogP contribution in [0.25, 0.3) is 5.65 Å². The molecule has 0 aliphatic carbocycles. The fourth-order valence-electron chi connectivity index (χ4n) is 3.26. The highest BCUT2D eigenvalue weighted by molar-refractivity contribution is 9.10. The van der Waals surface area contributed by atoms with Gasteiger partial charge in [0.1, 0.15) is 5.65 Å². The van der Waals surface area contributed by atoms with Crippen LogP contribution >= 0.6 is 15.9 Å². The molecular formula is C19H26BrN5O2. The number of aromatic nitrogens is 2. The number of likely N-dealkylation sites (tertiary alicyclic amines) is 1. The third kappa shape index (κ3) is 5.00. The highest BCUT2D eigenvalue weighted by atomic mass is 79.9. The van der Waals surface area contributed by atoms with E-state index < -0.39 is 0 Å². The van der Waals surface area contributed by atoms with Gasteiger partial charge in [0.25, 0.3) is 0 Å². The van der Waals surface area contributed by atoms with Crippen LogP contribution in [0.3, 0.4) is 0 Å². The molecule has 0 atom stereocenters. The molecule has 0 amide bonds. The molecule has 0 saturated carbocycles. The number of carbonyl (C=O) groups excluding carboxylic acids is 1. The lowest BCUT2D eigenvalue weighted by atomic mass is 9.97. The van der Waals surface area contributed by atoms with Gasteiger partial charge in [0.2, 0.25) is 0 Å². The molecule has 3 heterocycles. The topological polar surface area (TPSA) is 71.2 Å². The van der Waals surface area contributed by atoms with E-state index in [-0.39, 0.29) is 11.9 Å². The second-order valence-corrected chi connectivity index (χ2v) is 7.44. The Morgan fingerprint density at radius 3 is 2.81 bits per heavy atom. The van der Waals surface area contributed by atoms with Crippen LogP contribution in [0.5, 0.6) is 0 Å². The maximum atomic E-state index is 11.9. The number of nitrogens with one attached hydrogen (secondary N) is 1. The third-order valence-electron chi connectivity index (χ3n) is 4.60. The van der Waals surface area contributed by atoms with Crippen LogP contribution in [-0.2, 0) is 16.1 Å². The standard InChI is InChI=1S/C19H26BrN5O2/c1-3-21-19(24-9-7-14(8-10-24)18(26)27-4-2)22-11-16-13-25-12-15(20)5-6-17(25)23-16/h5-6,12-14H,3-4,7-11H2,1-2H3,(H,21,22). The Morgan fingerprint density at radius 2 is 2.11 bits per heavy atom. The van der Waals surface area contributed by atoms with Gasteiger partial charge in [-0.3, -0.25) is 4.79 Å². The van der Waals surface area contributed by atoms with Gasteiger partial charge in [-0.05, 0) is 54.8 Å². The van der Waals surface area contributed by atoms with Crippen LogP contribution < -0.4 is 5.32 Å². The van der Waals surface area contributed by atoms with Crippen molar-refractivity contribution in [2.24, 2.45) is 10.9 Å². The number of nitrogens with zero attached hydrogens (tertiary/aromatic N) is 4. The second kappa shape index (κ2) is 9.21. The highest BCUT2D eigenvalue weighted by Crippen LogP contribution is 2.19. The Kier molecular flexibility index (Phi) is 6.71. The minimum atomic E-state index is -0.0741. The van der Waals surface area contributed by atoms with E-state index in [9.17, 15) is 4.79 Å². The van der Waals surface area contributed by atoms with Crippen molar-refractivity contribution in [3.05, 3.63) is 34.7 Å². The van der Waals surface area contributed by atoms with Crippen LogP contribution in [0.2, 0.25) is 0 Å². The molecule has 1 aliphatic rings. The zero-order valence-electron chi connectivity index (χ0n) is 15.8. The molecule has 1 fully saturated rings. The maximum absolute atomic E-state index is 11.9. The van der Waals surface area contributed by atoms with Gasteiger partial charge in [-0.15, -0.1) is 0 Å². The fourth-order valence-corrected chi connectivity index (χ4v) is 3.61. The molecule has 0 unspecified atom stereocenters. The zero-order chi connectivity index (χ0) is 19.2. The summed E-state index contributed by atoms with van der Waals surface area (Å²) in [6, 6.07) is 3.95. The molecule has 146 valence electrons. The molecule has 0 spiro atoms. The number of aliphatic imine (C=N–C) groups is 1. The van der Waals surface area contributed by atoms with Gasteiger partial charge in [-0.2, -0.15) is 0 Å². The summed E-state index contributed by atoms with van der Waals surface area (Å²) in [4.78, 5) is 23.5. The number of fused-ring (bicyclic) bond motifs is 1. The summed E-state index contributed by atoms with van der Waals surface area (Å²) in [5.41, 5.74) is 1.83. The Morgan fingerprint density at radius 1 is 1.33 bits per heavy atom. The number of guanidine groups is 1. The van der Waals surface area contributed by atoms with Crippen LogP contribution in [0.15, 0.2) is 34.0 Å². The number of carbonyl (C=O) groups is 1. The van der Waals surface area contributed by atoms with Crippen LogP contribution in [-0.4, -0.2) is 52.5 Å². The molecule has 3 rings (SSSR count). The molecule has 27 heavy (non-hydrogen) atoms. The van der Waals surface area contributed by atoms with Gasteiger partial charge < -0.3 is 19.4 Å². The Balaban J connectivity index is 1.65. The number of piperidine rings is 1. The number of imidazole rings is 1. The molecule has 0 radical (unpaired) electrons. The van der Waals surface area contributed by atoms with E-state index in [1.807, 2.05) is 35.9 Å². The summed E-state index contributed by atoms with van der Waals surface area (Å²) in [5.74, 6) is 0.800. The van der Waals surface area contributed by atoms with Gasteiger partial charge in [0.15, 0.2) is 5.96 Å². The van der Waals surface area contributed by atoms with E-state index >= 15 is 0 Å². The molecule has 1 aliphatic heterocycles. The molecule has 7 nitrogen and oxygen atoms in total. The van der Waals surface area contributed by atoms with Crippen molar-refractivity contribution in [3.63, 3.8) is 0 Å². The first-order chi connectivity index (χ1) is 13.1. The monoisotopic (exact) mass is 435 g/mol. The number of rotatable bonds is 5. The number of pyridine rings is 1. The molecule has 2 aromatic heterocycles. The maximum Gasteiger partial charge on any atom is 0.309 e. The van der Waals surface area contributed by atoms with Crippen LogP contribution in [0.1, 0.15) is 32.4 Å². The predicted molar refractivity (Wildman–Crippen MR) is 109 cm³/mol. The quantitative estimate of drug-likeness (QED) is 0.444. The molecular weight excluding hydrogens is 410 g/mol. The normalized spacial score (nSPS) is 16.0. The van der Waals surface area contributed by atoms with Crippen LogP contribution in [0, 0.1) is 5.92 Å². The third-order valence-corrected chi connectivity index (χ3v) is 5.07. The van der Waals surface area contributed by atoms with Crippen molar-refractivity contribution in [2.75, 3.05) is 26.2 Å². The fraction of sp³-hybridized carbons (Fsp3) is 0.526. The first-order valence-corrected chi connectivity index (χ1v) is 10.2. The lowest BCUT2D eigenvalue weighted by molar-refractivity contribution is -0.149. The number of halogens is 1. The van der Waals surface area contributed by atoms with E-state index in [2.05, 4.69) is 38.1 Å². The Labute approximate surface area is 167 Å². The van der Waals surface area contributed by atoms with Crippen molar-refractivity contribution in [2.45, 2.75) is 33.2 Å². The van der Waals surface area contributed by atoms with Gasteiger partial charge in [0.05, 0.1) is 24.8 Å². The van der Waals surface area contributed by atoms with E-state index in [0.29, 0.717) is 13.2 Å². The predicted octanol–water partition coefficient (Wildman–Crippen LogP) is 2.84. The number of hydrogen-bond acceptors (Lipinski definition) is 4. The molecule has 8 heteroatoms.